The zero-order valence-electron chi connectivity index (χ0n) is 10.4. The lowest BCUT2D eigenvalue weighted by atomic mass is 10.2. The molecule has 2 nitrogen and oxygen atoms in total. The molecule has 0 aliphatic heterocycles. The lowest BCUT2D eigenvalue weighted by molar-refractivity contribution is 0.118. The highest BCUT2D eigenvalue weighted by Gasteiger charge is 1.94. The van der Waals surface area contributed by atoms with E-state index in [0.717, 1.165) is 38.6 Å². The number of hydrogen-bond acceptors (Lipinski definition) is 2. The first-order valence-electron chi connectivity index (χ1n) is 6.11. The van der Waals surface area contributed by atoms with Gasteiger partial charge in [0.2, 0.25) is 0 Å². The largest absolute Gasteiger partial charge is 0.377 e. The molecule has 0 fully saturated rings. The van der Waals surface area contributed by atoms with E-state index in [4.69, 9.17) is 4.74 Å². The van der Waals surface area contributed by atoms with Crippen molar-refractivity contribution in [3.63, 3.8) is 0 Å². The van der Waals surface area contributed by atoms with Gasteiger partial charge >= 0.3 is 0 Å². The fourth-order valence-corrected chi connectivity index (χ4v) is 1.45. The Bertz CT molecular complexity index is 259. The zero-order chi connectivity index (χ0) is 11.6. The smallest absolute Gasteiger partial charge is 0.0716 e. The molecule has 0 bridgehead atoms. The summed E-state index contributed by atoms with van der Waals surface area (Å²) in [6.07, 6.45) is 1.08. The molecule has 0 aromatic heterocycles. The molecule has 90 valence electrons. The summed E-state index contributed by atoms with van der Waals surface area (Å²) in [4.78, 5) is 0. The Hall–Kier alpha value is -0.860. The molecule has 0 amide bonds. The fourth-order valence-electron chi connectivity index (χ4n) is 1.45. The monoisotopic (exact) mass is 221 g/mol. The predicted molar refractivity (Wildman–Crippen MR) is 68.4 cm³/mol. The van der Waals surface area contributed by atoms with Gasteiger partial charge in [-0.2, -0.15) is 0 Å². The van der Waals surface area contributed by atoms with E-state index >= 15 is 0 Å². The van der Waals surface area contributed by atoms with Crippen molar-refractivity contribution in [2.24, 2.45) is 5.92 Å². The van der Waals surface area contributed by atoms with E-state index in [1.54, 1.807) is 0 Å². The molecule has 2 heteroatoms. The van der Waals surface area contributed by atoms with Crippen molar-refractivity contribution in [3.8, 4) is 0 Å². The lowest BCUT2D eigenvalue weighted by Gasteiger charge is -2.07. The van der Waals surface area contributed by atoms with E-state index < -0.39 is 0 Å². The van der Waals surface area contributed by atoms with Gasteiger partial charge in [-0.15, -0.1) is 0 Å². The third-order valence-electron chi connectivity index (χ3n) is 2.31. The van der Waals surface area contributed by atoms with Crippen molar-refractivity contribution in [1.82, 2.24) is 5.32 Å². The first-order chi connectivity index (χ1) is 7.79. The normalized spacial score (nSPS) is 10.9. The molecular weight excluding hydrogens is 198 g/mol. The van der Waals surface area contributed by atoms with Crippen LogP contribution >= 0.6 is 0 Å². The summed E-state index contributed by atoms with van der Waals surface area (Å²) in [6, 6.07) is 10.3. The summed E-state index contributed by atoms with van der Waals surface area (Å²) < 4.78 is 5.59. The summed E-state index contributed by atoms with van der Waals surface area (Å²) in [7, 11) is 0. The van der Waals surface area contributed by atoms with Crippen LogP contribution in [0, 0.1) is 5.92 Å². The average Bonchev–Trinajstić information content (AvgIpc) is 2.29. The van der Waals surface area contributed by atoms with Crippen LogP contribution in [-0.4, -0.2) is 19.7 Å². The number of benzene rings is 1. The van der Waals surface area contributed by atoms with Gasteiger partial charge in [-0.05, 0) is 31.0 Å². The van der Waals surface area contributed by atoms with Crippen molar-refractivity contribution in [1.29, 1.82) is 0 Å². The van der Waals surface area contributed by atoms with E-state index in [0.29, 0.717) is 0 Å². The Balaban J connectivity index is 1.93. The van der Waals surface area contributed by atoms with Crippen LogP contribution in [0.3, 0.4) is 0 Å². The van der Waals surface area contributed by atoms with Crippen LogP contribution in [0.2, 0.25) is 0 Å². The van der Waals surface area contributed by atoms with Gasteiger partial charge in [-0.3, -0.25) is 0 Å². The van der Waals surface area contributed by atoms with Crippen LogP contribution in [0.5, 0.6) is 0 Å². The molecule has 1 rings (SSSR count). The van der Waals surface area contributed by atoms with Crippen molar-refractivity contribution in [2.75, 3.05) is 19.7 Å². The molecule has 0 atom stereocenters. The molecule has 0 heterocycles. The second kappa shape index (κ2) is 8.31. The van der Waals surface area contributed by atoms with Gasteiger partial charge in [0.25, 0.3) is 0 Å². The SMILES string of the molecule is CC(C)CNCCCOCc1ccccc1. The maximum atomic E-state index is 5.59. The summed E-state index contributed by atoms with van der Waals surface area (Å²) in [6.45, 7) is 8.15. The topological polar surface area (TPSA) is 21.3 Å². The van der Waals surface area contributed by atoms with Crippen LogP contribution in [0.15, 0.2) is 30.3 Å². The average molecular weight is 221 g/mol. The van der Waals surface area contributed by atoms with Gasteiger partial charge in [-0.25, -0.2) is 0 Å². The minimum absolute atomic E-state index is 0.727. The minimum atomic E-state index is 0.727. The molecule has 0 aliphatic rings. The Labute approximate surface area is 99.0 Å². The molecule has 0 aliphatic carbocycles. The number of ether oxygens (including phenoxy) is 1. The zero-order valence-corrected chi connectivity index (χ0v) is 10.4. The third-order valence-corrected chi connectivity index (χ3v) is 2.31. The van der Waals surface area contributed by atoms with Crippen LogP contribution in [-0.2, 0) is 11.3 Å². The van der Waals surface area contributed by atoms with Gasteiger partial charge in [-0.1, -0.05) is 44.2 Å². The lowest BCUT2D eigenvalue weighted by Crippen LogP contribution is -2.21. The quantitative estimate of drug-likeness (QED) is 0.682. The first kappa shape index (κ1) is 13.2. The molecule has 16 heavy (non-hydrogen) atoms. The Morgan fingerprint density at radius 1 is 1.19 bits per heavy atom. The van der Waals surface area contributed by atoms with Crippen molar-refractivity contribution in [3.05, 3.63) is 35.9 Å². The molecule has 0 unspecified atom stereocenters. The van der Waals surface area contributed by atoms with Crippen molar-refractivity contribution >= 4 is 0 Å². The van der Waals surface area contributed by atoms with Crippen molar-refractivity contribution < 1.29 is 4.74 Å². The molecule has 1 aromatic rings. The first-order valence-corrected chi connectivity index (χ1v) is 6.11. The molecule has 1 aromatic carbocycles. The second-order valence-electron chi connectivity index (χ2n) is 4.49. The Morgan fingerprint density at radius 3 is 2.62 bits per heavy atom. The number of nitrogens with one attached hydrogen (secondary N) is 1. The molecular formula is C14H23NO. The maximum absolute atomic E-state index is 5.59. The fraction of sp³-hybridized carbons (Fsp3) is 0.571. The molecule has 0 saturated carbocycles. The summed E-state index contributed by atoms with van der Waals surface area (Å²) >= 11 is 0. The van der Waals surface area contributed by atoms with Gasteiger partial charge in [0.1, 0.15) is 0 Å². The highest BCUT2D eigenvalue weighted by Crippen LogP contribution is 2.00. The Morgan fingerprint density at radius 2 is 1.94 bits per heavy atom. The van der Waals surface area contributed by atoms with Crippen LogP contribution in [0.4, 0.5) is 0 Å². The summed E-state index contributed by atoms with van der Waals surface area (Å²) in [5.74, 6) is 0.727. The molecule has 0 saturated heterocycles. The van der Waals surface area contributed by atoms with E-state index in [1.807, 2.05) is 18.2 Å². The van der Waals surface area contributed by atoms with Crippen LogP contribution in [0.1, 0.15) is 25.8 Å². The maximum Gasteiger partial charge on any atom is 0.0716 e. The highest BCUT2D eigenvalue weighted by atomic mass is 16.5. The van der Waals surface area contributed by atoms with E-state index in [9.17, 15) is 0 Å². The predicted octanol–water partition coefficient (Wildman–Crippen LogP) is 2.84. The molecule has 0 spiro atoms. The van der Waals surface area contributed by atoms with Gasteiger partial charge in [0.15, 0.2) is 0 Å². The van der Waals surface area contributed by atoms with Gasteiger partial charge in [0, 0.05) is 6.61 Å². The van der Waals surface area contributed by atoms with Crippen molar-refractivity contribution in [2.45, 2.75) is 26.9 Å². The summed E-state index contributed by atoms with van der Waals surface area (Å²) in [5, 5.41) is 3.40. The van der Waals surface area contributed by atoms with Gasteiger partial charge in [0.05, 0.1) is 6.61 Å². The molecule has 0 radical (unpaired) electrons. The molecule has 1 N–H and O–H groups in total. The third kappa shape index (κ3) is 6.59. The van der Waals surface area contributed by atoms with E-state index in [1.165, 1.54) is 5.56 Å². The number of rotatable bonds is 8. The Kier molecular flexibility index (Phi) is 6.86. The van der Waals surface area contributed by atoms with Gasteiger partial charge < -0.3 is 10.1 Å². The van der Waals surface area contributed by atoms with Crippen LogP contribution in [0.25, 0.3) is 0 Å². The van der Waals surface area contributed by atoms with Crippen LogP contribution < -0.4 is 5.32 Å². The second-order valence-corrected chi connectivity index (χ2v) is 4.49. The minimum Gasteiger partial charge on any atom is -0.377 e. The highest BCUT2D eigenvalue weighted by molar-refractivity contribution is 5.13. The standard InChI is InChI=1S/C14H23NO/c1-13(2)11-15-9-6-10-16-12-14-7-4-3-5-8-14/h3-5,7-8,13,15H,6,9-12H2,1-2H3. The number of hydrogen-bond donors (Lipinski definition) is 1. The van der Waals surface area contributed by atoms with E-state index in [-0.39, 0.29) is 0 Å². The summed E-state index contributed by atoms with van der Waals surface area (Å²) in [5.41, 5.74) is 1.25. The van der Waals surface area contributed by atoms with E-state index in [2.05, 4.69) is 31.3 Å².